The van der Waals surface area contributed by atoms with E-state index in [1.807, 2.05) is 49.4 Å². The minimum Gasteiger partial charge on any atom is -0.490 e. The standard InChI is InChI=1S/C27H29N3O5/c1-18(19-9-10-23-24(15-19)35-14-6-13-34-23)28-25(31)17-30-16-21(20-7-2-3-8-22(20)30)26(32)27(33)29-11-4-5-12-29/h2-3,7-10,15-16,18H,4-6,11-14,17H2,1H3,(H,28,31)/t18-/m1/s1. The number of hydrogen-bond acceptors (Lipinski definition) is 5. The molecule has 0 radical (unpaired) electrons. The molecule has 8 heteroatoms. The van der Waals surface area contributed by atoms with E-state index in [4.69, 9.17) is 9.47 Å². The van der Waals surface area contributed by atoms with Crippen LogP contribution >= 0.6 is 0 Å². The number of carbonyl (C=O) groups excluding carboxylic acids is 3. The molecule has 2 aliphatic rings. The van der Waals surface area contributed by atoms with Gasteiger partial charge in [-0.25, -0.2) is 0 Å². The van der Waals surface area contributed by atoms with Gasteiger partial charge in [-0.2, -0.15) is 0 Å². The third-order valence-corrected chi connectivity index (χ3v) is 6.58. The predicted octanol–water partition coefficient (Wildman–Crippen LogP) is 3.49. The van der Waals surface area contributed by atoms with Gasteiger partial charge in [-0.05, 0) is 43.5 Å². The molecule has 35 heavy (non-hydrogen) atoms. The van der Waals surface area contributed by atoms with Crippen LogP contribution < -0.4 is 14.8 Å². The Bertz CT molecular complexity index is 1280. The van der Waals surface area contributed by atoms with E-state index in [0.29, 0.717) is 48.8 Å². The topological polar surface area (TPSA) is 89.9 Å². The number of carbonyl (C=O) groups is 3. The lowest BCUT2D eigenvalue weighted by atomic mass is 10.1. The van der Waals surface area contributed by atoms with Crippen molar-refractivity contribution in [3.05, 3.63) is 59.8 Å². The van der Waals surface area contributed by atoms with E-state index in [9.17, 15) is 14.4 Å². The Labute approximate surface area is 203 Å². The maximum atomic E-state index is 13.0. The lowest BCUT2D eigenvalue weighted by molar-refractivity contribution is -0.125. The molecule has 1 fully saturated rings. The molecule has 3 heterocycles. The molecule has 8 nitrogen and oxygen atoms in total. The number of benzene rings is 2. The first-order chi connectivity index (χ1) is 17.0. The van der Waals surface area contributed by atoms with Gasteiger partial charge in [0.1, 0.15) is 6.54 Å². The minimum atomic E-state index is -0.525. The van der Waals surface area contributed by atoms with Crippen LogP contribution in [-0.2, 0) is 16.1 Å². The van der Waals surface area contributed by atoms with E-state index >= 15 is 0 Å². The number of fused-ring (bicyclic) bond motifs is 2. The number of nitrogens with one attached hydrogen (secondary N) is 1. The van der Waals surface area contributed by atoms with E-state index in [0.717, 1.165) is 30.3 Å². The van der Waals surface area contributed by atoms with Gasteiger partial charge in [0.05, 0.1) is 24.8 Å². The molecule has 0 aliphatic carbocycles. The number of hydrogen-bond donors (Lipinski definition) is 1. The third kappa shape index (κ3) is 4.73. The maximum absolute atomic E-state index is 13.0. The highest BCUT2D eigenvalue weighted by atomic mass is 16.5. The van der Waals surface area contributed by atoms with Crippen molar-refractivity contribution in [2.45, 2.75) is 38.8 Å². The smallest absolute Gasteiger partial charge is 0.295 e. The van der Waals surface area contributed by atoms with Gasteiger partial charge in [-0.15, -0.1) is 0 Å². The molecular formula is C27H29N3O5. The lowest BCUT2D eigenvalue weighted by Crippen LogP contribution is -2.34. The van der Waals surface area contributed by atoms with Crippen LogP contribution in [0.25, 0.3) is 10.9 Å². The predicted molar refractivity (Wildman–Crippen MR) is 131 cm³/mol. The fourth-order valence-corrected chi connectivity index (χ4v) is 4.71. The van der Waals surface area contributed by atoms with E-state index < -0.39 is 11.7 Å². The number of Topliss-reactive ketones (excluding diaryl/α,β-unsaturated/α-hetero) is 1. The second kappa shape index (κ2) is 9.82. The van der Waals surface area contributed by atoms with Gasteiger partial charge in [0.15, 0.2) is 11.5 Å². The quantitative estimate of drug-likeness (QED) is 0.436. The summed E-state index contributed by atoms with van der Waals surface area (Å²) in [4.78, 5) is 40.3. The second-order valence-electron chi connectivity index (χ2n) is 9.06. The molecule has 1 saturated heterocycles. The molecule has 1 atom stereocenters. The summed E-state index contributed by atoms with van der Waals surface area (Å²) >= 11 is 0. The first-order valence-corrected chi connectivity index (χ1v) is 12.1. The largest absolute Gasteiger partial charge is 0.490 e. The van der Waals surface area contributed by atoms with Gasteiger partial charge in [-0.3, -0.25) is 14.4 Å². The van der Waals surface area contributed by atoms with Crippen LogP contribution in [0.15, 0.2) is 48.7 Å². The molecule has 0 bridgehead atoms. The number of likely N-dealkylation sites (tertiary alicyclic amines) is 1. The highest BCUT2D eigenvalue weighted by Crippen LogP contribution is 2.32. The van der Waals surface area contributed by atoms with Crippen molar-refractivity contribution < 1.29 is 23.9 Å². The van der Waals surface area contributed by atoms with Crippen LogP contribution in [0.2, 0.25) is 0 Å². The lowest BCUT2D eigenvalue weighted by Gasteiger charge is -2.17. The molecule has 1 aromatic heterocycles. The normalized spacial score (nSPS) is 16.1. The zero-order valence-corrected chi connectivity index (χ0v) is 19.8. The van der Waals surface area contributed by atoms with Gasteiger partial charge < -0.3 is 24.3 Å². The van der Waals surface area contributed by atoms with Crippen LogP contribution in [-0.4, -0.2) is 53.4 Å². The van der Waals surface area contributed by atoms with Gasteiger partial charge >= 0.3 is 0 Å². The minimum absolute atomic E-state index is 0.0284. The Kier molecular flexibility index (Phi) is 6.44. The molecule has 5 rings (SSSR count). The summed E-state index contributed by atoms with van der Waals surface area (Å²) in [5, 5.41) is 3.70. The molecule has 0 saturated carbocycles. The van der Waals surface area contributed by atoms with Crippen molar-refractivity contribution in [3.8, 4) is 11.5 Å². The fourth-order valence-electron chi connectivity index (χ4n) is 4.71. The van der Waals surface area contributed by atoms with Crippen molar-refractivity contribution in [3.63, 3.8) is 0 Å². The molecule has 2 aliphatic heterocycles. The first kappa shape index (κ1) is 23.0. The van der Waals surface area contributed by atoms with Gasteiger partial charge in [0.25, 0.3) is 11.7 Å². The zero-order chi connectivity index (χ0) is 24.4. The van der Waals surface area contributed by atoms with Crippen LogP contribution in [0, 0.1) is 0 Å². The molecule has 182 valence electrons. The molecule has 2 aromatic carbocycles. The van der Waals surface area contributed by atoms with Crippen LogP contribution in [0.1, 0.15) is 48.1 Å². The van der Waals surface area contributed by atoms with Crippen LogP contribution in [0.5, 0.6) is 11.5 Å². The summed E-state index contributed by atoms with van der Waals surface area (Å²) in [6.45, 7) is 4.39. The first-order valence-electron chi connectivity index (χ1n) is 12.1. The van der Waals surface area contributed by atoms with E-state index in [2.05, 4.69) is 5.32 Å². The SMILES string of the molecule is C[C@@H](NC(=O)Cn1cc(C(=O)C(=O)N2CCCC2)c2ccccc21)c1ccc2c(c1)OCCCO2. The summed E-state index contributed by atoms with van der Waals surface area (Å²) in [6, 6.07) is 12.8. The second-order valence-corrected chi connectivity index (χ2v) is 9.06. The fraction of sp³-hybridized carbons (Fsp3) is 0.370. The highest BCUT2D eigenvalue weighted by molar-refractivity contribution is 6.44. The summed E-state index contributed by atoms with van der Waals surface area (Å²) in [5.74, 6) is 0.198. The Morgan fingerprint density at radius 3 is 2.51 bits per heavy atom. The number of amides is 2. The number of nitrogens with zero attached hydrogens (tertiary/aromatic N) is 2. The van der Waals surface area contributed by atoms with Crippen LogP contribution in [0.3, 0.4) is 0 Å². The van der Waals surface area contributed by atoms with Crippen LogP contribution in [0.4, 0.5) is 0 Å². The number of aromatic nitrogens is 1. The average molecular weight is 476 g/mol. The molecule has 3 aromatic rings. The summed E-state index contributed by atoms with van der Waals surface area (Å²) in [6.07, 6.45) is 4.29. The molecule has 0 unspecified atom stereocenters. The number of ether oxygens (including phenoxy) is 2. The Balaban J connectivity index is 1.32. The Hall–Kier alpha value is -3.81. The van der Waals surface area contributed by atoms with E-state index in [1.54, 1.807) is 15.7 Å². The molecule has 0 spiro atoms. The van der Waals surface area contributed by atoms with Gasteiger partial charge in [-0.1, -0.05) is 24.3 Å². The third-order valence-electron chi connectivity index (χ3n) is 6.58. The van der Waals surface area contributed by atoms with Crippen molar-refractivity contribution in [2.75, 3.05) is 26.3 Å². The van der Waals surface area contributed by atoms with Gasteiger partial charge in [0, 0.05) is 36.6 Å². The van der Waals surface area contributed by atoms with Crippen molar-refractivity contribution in [2.24, 2.45) is 0 Å². The number of rotatable bonds is 6. The number of ketones is 1. The number of para-hydroxylation sites is 1. The van der Waals surface area contributed by atoms with Crippen molar-refractivity contribution >= 4 is 28.5 Å². The summed E-state index contributed by atoms with van der Waals surface area (Å²) in [7, 11) is 0. The Morgan fingerprint density at radius 2 is 1.71 bits per heavy atom. The Morgan fingerprint density at radius 1 is 0.971 bits per heavy atom. The van der Waals surface area contributed by atoms with E-state index in [-0.39, 0.29) is 18.5 Å². The van der Waals surface area contributed by atoms with E-state index in [1.165, 1.54) is 0 Å². The highest BCUT2D eigenvalue weighted by Gasteiger charge is 2.28. The maximum Gasteiger partial charge on any atom is 0.295 e. The molecular weight excluding hydrogens is 446 g/mol. The zero-order valence-electron chi connectivity index (χ0n) is 19.8. The molecule has 1 N–H and O–H groups in total. The summed E-state index contributed by atoms with van der Waals surface area (Å²) < 4.78 is 13.2. The molecule has 2 amide bonds. The average Bonchev–Trinajstić information content (AvgIpc) is 3.46. The monoisotopic (exact) mass is 475 g/mol. The van der Waals surface area contributed by atoms with Crippen molar-refractivity contribution in [1.29, 1.82) is 0 Å². The van der Waals surface area contributed by atoms with Crippen molar-refractivity contribution in [1.82, 2.24) is 14.8 Å². The van der Waals surface area contributed by atoms with Gasteiger partial charge in [0.2, 0.25) is 5.91 Å². The summed E-state index contributed by atoms with van der Waals surface area (Å²) in [5.41, 5.74) is 1.98.